The second-order valence-electron chi connectivity index (χ2n) is 6.75. The van der Waals surface area contributed by atoms with Gasteiger partial charge in [-0.05, 0) is 52.0 Å². The first-order valence-electron chi connectivity index (χ1n) is 10.0. The van der Waals surface area contributed by atoms with Crippen LogP contribution in [0, 0.1) is 26.2 Å². The van der Waals surface area contributed by atoms with Gasteiger partial charge in [-0.3, -0.25) is 9.59 Å². The molecule has 0 aliphatic carbocycles. The zero-order valence-corrected chi connectivity index (χ0v) is 18.2. The quantitative estimate of drug-likeness (QED) is 0.390. The number of nitrogens with one attached hydrogen (secondary N) is 2. The van der Waals surface area contributed by atoms with Crippen molar-refractivity contribution in [3.05, 3.63) is 58.4 Å². The smallest absolute Gasteiger partial charge is 0.340 e. The molecule has 2 N–H and O–H groups in total. The Morgan fingerprint density at radius 1 is 1.19 bits per heavy atom. The molecule has 0 aliphatic rings. The van der Waals surface area contributed by atoms with Crippen molar-refractivity contribution in [2.75, 3.05) is 18.5 Å². The molecule has 7 nitrogen and oxygen atoms in total. The Labute approximate surface area is 182 Å². The van der Waals surface area contributed by atoms with Crippen LogP contribution in [0.25, 0.3) is 6.08 Å². The summed E-state index contributed by atoms with van der Waals surface area (Å²) in [5.74, 6) is 1.23. The summed E-state index contributed by atoms with van der Waals surface area (Å²) in [5.41, 5.74) is 3.91. The maximum atomic E-state index is 12.4. The Morgan fingerprint density at radius 2 is 1.94 bits per heavy atom. The van der Waals surface area contributed by atoms with E-state index in [0.717, 1.165) is 11.4 Å². The Kier molecular flexibility index (Phi) is 8.21. The number of ether oxygens (including phenoxy) is 1. The molecule has 0 saturated carbocycles. The van der Waals surface area contributed by atoms with E-state index in [-0.39, 0.29) is 19.1 Å². The summed E-state index contributed by atoms with van der Waals surface area (Å²) in [6.45, 7) is 8.19. The van der Waals surface area contributed by atoms with Crippen LogP contribution in [0.2, 0.25) is 0 Å². The third-order valence-corrected chi connectivity index (χ3v) is 4.76. The molecular weight excluding hydrogens is 394 g/mol. The van der Waals surface area contributed by atoms with Crippen molar-refractivity contribution in [3.63, 3.8) is 0 Å². The van der Waals surface area contributed by atoms with Gasteiger partial charge in [0, 0.05) is 40.8 Å². The van der Waals surface area contributed by atoms with Gasteiger partial charge in [0.2, 0.25) is 11.8 Å². The molecule has 0 aliphatic heterocycles. The molecule has 1 heterocycles. The summed E-state index contributed by atoms with van der Waals surface area (Å²) in [7, 11) is 0. The highest BCUT2D eigenvalue weighted by Crippen LogP contribution is 2.25. The lowest BCUT2D eigenvalue weighted by atomic mass is 10.1. The predicted octanol–water partition coefficient (Wildman–Crippen LogP) is 3.05. The van der Waals surface area contributed by atoms with Gasteiger partial charge in [0.25, 0.3) is 0 Å². The lowest BCUT2D eigenvalue weighted by molar-refractivity contribution is -0.121. The van der Waals surface area contributed by atoms with E-state index >= 15 is 0 Å². The highest BCUT2D eigenvalue weighted by molar-refractivity contribution is 6.00. The molecule has 2 aromatic rings. The monoisotopic (exact) mass is 421 g/mol. The van der Waals surface area contributed by atoms with Crippen molar-refractivity contribution < 1.29 is 19.1 Å². The summed E-state index contributed by atoms with van der Waals surface area (Å²) in [4.78, 5) is 36.7. The number of esters is 1. The summed E-state index contributed by atoms with van der Waals surface area (Å²) in [6.07, 6.45) is 8.22. The molecule has 2 rings (SSSR count). The fraction of sp³-hybridized carbons (Fsp3) is 0.292. The number of carbonyl (C=O) groups is 3. The number of rotatable bonds is 8. The third kappa shape index (κ3) is 5.86. The SMILES string of the molecule is C#Cc1cccc(NC(=O)CNC(=O)/C=C/c2c(C(=O)OCC)c(C)n(CC)c2C)c1. The van der Waals surface area contributed by atoms with Crippen LogP contribution in [0.4, 0.5) is 5.69 Å². The van der Waals surface area contributed by atoms with Gasteiger partial charge in [-0.2, -0.15) is 0 Å². The molecule has 2 amide bonds. The van der Waals surface area contributed by atoms with E-state index in [1.807, 2.05) is 25.3 Å². The fourth-order valence-electron chi connectivity index (χ4n) is 3.32. The number of carbonyl (C=O) groups excluding carboxylic acids is 3. The van der Waals surface area contributed by atoms with Crippen molar-refractivity contribution in [1.82, 2.24) is 9.88 Å². The van der Waals surface area contributed by atoms with Gasteiger partial charge in [-0.15, -0.1) is 6.42 Å². The molecular formula is C24H27N3O4. The van der Waals surface area contributed by atoms with Crippen LogP contribution in [0.15, 0.2) is 30.3 Å². The van der Waals surface area contributed by atoms with Crippen molar-refractivity contribution in [2.24, 2.45) is 0 Å². The van der Waals surface area contributed by atoms with E-state index in [1.54, 1.807) is 37.3 Å². The first-order valence-corrected chi connectivity index (χ1v) is 10.0. The van der Waals surface area contributed by atoms with Crippen LogP contribution < -0.4 is 10.6 Å². The van der Waals surface area contributed by atoms with E-state index in [4.69, 9.17) is 11.2 Å². The molecule has 0 saturated heterocycles. The van der Waals surface area contributed by atoms with Crippen molar-refractivity contribution in [3.8, 4) is 12.3 Å². The van der Waals surface area contributed by atoms with E-state index < -0.39 is 11.9 Å². The molecule has 1 aromatic carbocycles. The number of hydrogen-bond acceptors (Lipinski definition) is 4. The van der Waals surface area contributed by atoms with Crippen LogP contribution in [0.5, 0.6) is 0 Å². The summed E-state index contributed by atoms with van der Waals surface area (Å²) in [6, 6.07) is 6.86. The maximum Gasteiger partial charge on any atom is 0.340 e. The number of terminal acetylenes is 1. The minimum atomic E-state index is -0.455. The lowest BCUT2D eigenvalue weighted by Crippen LogP contribution is -2.31. The molecule has 1 aromatic heterocycles. The van der Waals surface area contributed by atoms with E-state index in [9.17, 15) is 14.4 Å². The average molecular weight is 421 g/mol. The van der Waals surface area contributed by atoms with Gasteiger partial charge in [0.15, 0.2) is 0 Å². The molecule has 0 radical (unpaired) electrons. The predicted molar refractivity (Wildman–Crippen MR) is 121 cm³/mol. The number of aromatic nitrogens is 1. The van der Waals surface area contributed by atoms with E-state index in [1.165, 1.54) is 6.08 Å². The topological polar surface area (TPSA) is 89.4 Å². The molecule has 31 heavy (non-hydrogen) atoms. The second-order valence-corrected chi connectivity index (χ2v) is 6.75. The van der Waals surface area contributed by atoms with Crippen molar-refractivity contribution >= 4 is 29.5 Å². The maximum absolute atomic E-state index is 12.4. The lowest BCUT2D eigenvalue weighted by Gasteiger charge is -2.06. The third-order valence-electron chi connectivity index (χ3n) is 4.76. The van der Waals surface area contributed by atoms with Gasteiger partial charge in [0.05, 0.1) is 18.7 Å². The minimum absolute atomic E-state index is 0.206. The Bertz CT molecular complexity index is 1060. The zero-order valence-electron chi connectivity index (χ0n) is 18.2. The molecule has 0 fully saturated rings. The molecule has 7 heteroatoms. The number of anilines is 1. The number of benzene rings is 1. The summed E-state index contributed by atoms with van der Waals surface area (Å²) < 4.78 is 7.16. The van der Waals surface area contributed by atoms with Gasteiger partial charge in [-0.1, -0.05) is 12.0 Å². The van der Waals surface area contributed by atoms with Crippen LogP contribution in [0.3, 0.4) is 0 Å². The second kappa shape index (κ2) is 10.8. The summed E-state index contributed by atoms with van der Waals surface area (Å²) >= 11 is 0. The normalized spacial score (nSPS) is 10.5. The first-order chi connectivity index (χ1) is 14.8. The average Bonchev–Trinajstić information content (AvgIpc) is 2.99. The molecule has 0 spiro atoms. The van der Waals surface area contributed by atoms with Gasteiger partial charge < -0.3 is 19.9 Å². The highest BCUT2D eigenvalue weighted by Gasteiger charge is 2.22. The molecule has 0 atom stereocenters. The molecule has 0 bridgehead atoms. The number of amides is 2. The van der Waals surface area contributed by atoms with Crippen LogP contribution in [-0.2, 0) is 20.9 Å². The largest absolute Gasteiger partial charge is 0.462 e. The highest BCUT2D eigenvalue weighted by atomic mass is 16.5. The van der Waals surface area contributed by atoms with Gasteiger partial charge in [0.1, 0.15) is 0 Å². The zero-order chi connectivity index (χ0) is 23.0. The standard InChI is InChI=1S/C24H27N3O4/c1-6-18-10-9-11-19(14-18)26-22(29)15-25-21(28)13-12-20-16(4)27(7-2)17(5)23(20)24(30)31-8-3/h1,9-14H,7-8,15H2,2-5H3,(H,25,28)(H,26,29)/b13-12+. The first kappa shape index (κ1) is 23.5. The summed E-state index contributed by atoms with van der Waals surface area (Å²) in [5, 5.41) is 5.20. The van der Waals surface area contributed by atoms with Gasteiger partial charge >= 0.3 is 5.97 Å². The van der Waals surface area contributed by atoms with Crippen molar-refractivity contribution in [1.29, 1.82) is 0 Å². The fourth-order valence-corrected chi connectivity index (χ4v) is 3.32. The molecule has 162 valence electrons. The van der Waals surface area contributed by atoms with E-state index in [2.05, 4.69) is 16.6 Å². The Hall–Kier alpha value is -3.79. The van der Waals surface area contributed by atoms with E-state index in [0.29, 0.717) is 28.9 Å². The van der Waals surface area contributed by atoms with Crippen molar-refractivity contribution in [2.45, 2.75) is 34.2 Å². The van der Waals surface area contributed by atoms with Gasteiger partial charge in [-0.25, -0.2) is 4.79 Å². The van der Waals surface area contributed by atoms with Crippen LogP contribution in [0.1, 0.15) is 46.7 Å². The Morgan fingerprint density at radius 3 is 2.58 bits per heavy atom. The van der Waals surface area contributed by atoms with Crippen LogP contribution in [-0.4, -0.2) is 35.5 Å². The number of hydrogen-bond donors (Lipinski definition) is 2. The number of nitrogens with zero attached hydrogens (tertiary/aromatic N) is 1. The molecule has 0 unspecified atom stereocenters. The minimum Gasteiger partial charge on any atom is -0.462 e. The Balaban J connectivity index is 2.06. The van der Waals surface area contributed by atoms with Crippen LogP contribution >= 0.6 is 0 Å².